The number of anilines is 1. The third-order valence-electron chi connectivity index (χ3n) is 3.31. The minimum absolute atomic E-state index is 0.213. The van der Waals surface area contributed by atoms with Crippen LogP contribution < -0.4 is 5.32 Å². The van der Waals surface area contributed by atoms with Crippen LogP contribution in [0.2, 0.25) is 0 Å². The van der Waals surface area contributed by atoms with E-state index in [0.717, 1.165) is 25.3 Å². The van der Waals surface area contributed by atoms with Gasteiger partial charge in [0.15, 0.2) is 11.6 Å². The predicted molar refractivity (Wildman–Crippen MR) is 70.0 cm³/mol. The smallest absolute Gasteiger partial charge is 0.160 e. The van der Waals surface area contributed by atoms with E-state index >= 15 is 0 Å². The summed E-state index contributed by atoms with van der Waals surface area (Å²) < 4.78 is 26.0. The van der Waals surface area contributed by atoms with Crippen molar-refractivity contribution >= 4 is 17.0 Å². The molecule has 0 bridgehead atoms. The van der Waals surface area contributed by atoms with E-state index in [-0.39, 0.29) is 6.04 Å². The summed E-state index contributed by atoms with van der Waals surface area (Å²) in [6.07, 6.45) is 3.29. The molecule has 0 spiro atoms. The molecule has 94 valence electrons. The Balaban J connectivity index is 1.84. The maximum atomic E-state index is 13.2. The van der Waals surface area contributed by atoms with Crippen LogP contribution in [-0.2, 0) is 6.42 Å². The van der Waals surface area contributed by atoms with Crippen LogP contribution in [0.3, 0.4) is 0 Å². The van der Waals surface area contributed by atoms with Gasteiger partial charge in [-0.2, -0.15) is 0 Å². The number of hydrogen-bond donors (Lipinski definition) is 1. The van der Waals surface area contributed by atoms with E-state index in [4.69, 9.17) is 0 Å². The third-order valence-corrected chi connectivity index (χ3v) is 4.31. The molecular weight excluding hydrogens is 252 g/mol. The lowest BCUT2D eigenvalue weighted by atomic mass is 9.94. The summed E-state index contributed by atoms with van der Waals surface area (Å²) in [6, 6.07) is 6.30. The molecule has 0 aliphatic heterocycles. The Labute approximate surface area is 108 Å². The van der Waals surface area contributed by atoms with Crippen LogP contribution in [0.15, 0.2) is 29.6 Å². The summed E-state index contributed by atoms with van der Waals surface area (Å²) >= 11 is 1.77. The Hall–Kier alpha value is -1.42. The largest absolute Gasteiger partial charge is 0.378 e. The molecule has 18 heavy (non-hydrogen) atoms. The minimum atomic E-state index is -0.805. The molecule has 0 radical (unpaired) electrons. The molecule has 0 saturated heterocycles. The molecule has 1 nitrogen and oxygen atoms in total. The van der Waals surface area contributed by atoms with Crippen LogP contribution in [0.5, 0.6) is 0 Å². The quantitative estimate of drug-likeness (QED) is 0.842. The molecule has 1 heterocycles. The first-order valence-electron chi connectivity index (χ1n) is 6.02. The highest BCUT2D eigenvalue weighted by Crippen LogP contribution is 2.35. The highest BCUT2D eigenvalue weighted by atomic mass is 32.1. The van der Waals surface area contributed by atoms with Gasteiger partial charge < -0.3 is 5.32 Å². The number of aryl methyl sites for hydroxylation is 1. The number of fused-ring (bicyclic) bond motifs is 1. The van der Waals surface area contributed by atoms with Gasteiger partial charge >= 0.3 is 0 Å². The first-order valence-corrected chi connectivity index (χ1v) is 6.90. The standard InChI is InChI=1S/C14H13F2NS/c15-11-5-4-9(8-12(11)16)17-13-2-1-3-14-10(13)6-7-18-14/h4-8,13,17H,1-3H2. The van der Waals surface area contributed by atoms with E-state index in [2.05, 4.69) is 16.8 Å². The van der Waals surface area contributed by atoms with E-state index in [1.807, 2.05) is 0 Å². The van der Waals surface area contributed by atoms with Gasteiger partial charge in [-0.3, -0.25) is 0 Å². The average Bonchev–Trinajstić information content (AvgIpc) is 2.83. The van der Waals surface area contributed by atoms with Gasteiger partial charge in [0, 0.05) is 16.6 Å². The van der Waals surface area contributed by atoms with Crippen molar-refractivity contribution in [1.82, 2.24) is 0 Å². The van der Waals surface area contributed by atoms with Crippen molar-refractivity contribution in [3.63, 3.8) is 0 Å². The summed E-state index contributed by atoms with van der Waals surface area (Å²) in [5.41, 5.74) is 1.94. The number of rotatable bonds is 2. The van der Waals surface area contributed by atoms with Crippen molar-refractivity contribution in [2.24, 2.45) is 0 Å². The molecule has 3 rings (SSSR count). The Morgan fingerprint density at radius 2 is 2.06 bits per heavy atom. The zero-order valence-corrected chi connectivity index (χ0v) is 10.6. The second-order valence-electron chi connectivity index (χ2n) is 4.52. The molecule has 1 aromatic carbocycles. The molecule has 4 heteroatoms. The van der Waals surface area contributed by atoms with E-state index in [1.165, 1.54) is 16.5 Å². The number of nitrogens with one attached hydrogen (secondary N) is 1. The van der Waals surface area contributed by atoms with Crippen molar-refractivity contribution in [3.05, 3.63) is 51.7 Å². The Bertz CT molecular complexity index is 565. The lowest BCUT2D eigenvalue weighted by Crippen LogP contribution is -2.15. The maximum absolute atomic E-state index is 13.2. The fraction of sp³-hybridized carbons (Fsp3) is 0.286. The molecule has 1 aromatic heterocycles. The van der Waals surface area contributed by atoms with Gasteiger partial charge in [0.05, 0.1) is 6.04 Å². The Morgan fingerprint density at radius 3 is 2.89 bits per heavy atom. The van der Waals surface area contributed by atoms with Gasteiger partial charge in [-0.25, -0.2) is 8.78 Å². The van der Waals surface area contributed by atoms with Gasteiger partial charge in [-0.1, -0.05) is 0 Å². The Morgan fingerprint density at radius 1 is 1.17 bits per heavy atom. The molecular formula is C14H13F2NS. The number of benzene rings is 1. The van der Waals surface area contributed by atoms with Crippen LogP contribution >= 0.6 is 11.3 Å². The number of thiophene rings is 1. The van der Waals surface area contributed by atoms with E-state index in [9.17, 15) is 8.78 Å². The monoisotopic (exact) mass is 265 g/mol. The second kappa shape index (κ2) is 4.69. The van der Waals surface area contributed by atoms with Crippen molar-refractivity contribution in [2.75, 3.05) is 5.32 Å². The molecule has 1 aliphatic carbocycles. The normalized spacial score (nSPS) is 18.4. The fourth-order valence-corrected chi connectivity index (χ4v) is 3.41. The SMILES string of the molecule is Fc1ccc(NC2CCCc3sccc32)cc1F. The Kier molecular flexibility index (Phi) is 3.04. The fourth-order valence-electron chi connectivity index (χ4n) is 2.42. The van der Waals surface area contributed by atoms with E-state index in [1.54, 1.807) is 17.4 Å². The summed E-state index contributed by atoms with van der Waals surface area (Å²) in [5.74, 6) is -1.61. The molecule has 0 fully saturated rings. The lowest BCUT2D eigenvalue weighted by molar-refractivity contribution is 0.508. The molecule has 1 aliphatic rings. The third kappa shape index (κ3) is 2.12. The van der Waals surface area contributed by atoms with Crippen LogP contribution in [0, 0.1) is 11.6 Å². The molecule has 1 atom stereocenters. The average molecular weight is 265 g/mol. The minimum Gasteiger partial charge on any atom is -0.378 e. The molecule has 1 unspecified atom stereocenters. The summed E-state index contributed by atoms with van der Waals surface area (Å²) in [5, 5.41) is 5.38. The number of halogens is 2. The first kappa shape index (κ1) is 11.7. The second-order valence-corrected chi connectivity index (χ2v) is 5.52. The maximum Gasteiger partial charge on any atom is 0.160 e. The van der Waals surface area contributed by atoms with Gasteiger partial charge in [-0.15, -0.1) is 11.3 Å². The molecule has 2 aromatic rings. The highest BCUT2D eigenvalue weighted by molar-refractivity contribution is 7.10. The zero-order chi connectivity index (χ0) is 12.5. The van der Waals surface area contributed by atoms with E-state index in [0.29, 0.717) is 5.69 Å². The van der Waals surface area contributed by atoms with Gasteiger partial charge in [0.1, 0.15) is 0 Å². The first-order chi connectivity index (χ1) is 8.74. The van der Waals surface area contributed by atoms with Crippen LogP contribution in [0.1, 0.15) is 29.3 Å². The van der Waals surface area contributed by atoms with Crippen LogP contribution in [0.25, 0.3) is 0 Å². The van der Waals surface area contributed by atoms with Gasteiger partial charge in [0.2, 0.25) is 0 Å². The van der Waals surface area contributed by atoms with Gasteiger partial charge in [0.25, 0.3) is 0 Å². The van der Waals surface area contributed by atoms with Crippen molar-refractivity contribution in [3.8, 4) is 0 Å². The van der Waals surface area contributed by atoms with Crippen molar-refractivity contribution in [2.45, 2.75) is 25.3 Å². The van der Waals surface area contributed by atoms with E-state index < -0.39 is 11.6 Å². The summed E-state index contributed by atoms with van der Waals surface area (Å²) in [7, 11) is 0. The predicted octanol–water partition coefficient (Wildman–Crippen LogP) is 4.52. The van der Waals surface area contributed by atoms with Crippen LogP contribution in [-0.4, -0.2) is 0 Å². The number of hydrogen-bond acceptors (Lipinski definition) is 2. The lowest BCUT2D eigenvalue weighted by Gasteiger charge is -2.24. The summed E-state index contributed by atoms with van der Waals surface area (Å²) in [6.45, 7) is 0. The van der Waals surface area contributed by atoms with Crippen LogP contribution in [0.4, 0.5) is 14.5 Å². The van der Waals surface area contributed by atoms with Crippen molar-refractivity contribution in [1.29, 1.82) is 0 Å². The van der Waals surface area contributed by atoms with Gasteiger partial charge in [-0.05, 0) is 48.4 Å². The molecule has 1 N–H and O–H groups in total. The molecule has 0 amide bonds. The summed E-state index contributed by atoms with van der Waals surface area (Å²) in [4.78, 5) is 1.40. The zero-order valence-electron chi connectivity index (χ0n) is 9.75. The molecule has 0 saturated carbocycles. The van der Waals surface area contributed by atoms with Crippen molar-refractivity contribution < 1.29 is 8.78 Å². The topological polar surface area (TPSA) is 12.0 Å². The highest BCUT2D eigenvalue weighted by Gasteiger charge is 2.21.